The van der Waals surface area contributed by atoms with E-state index in [1.54, 1.807) is 73.7 Å². The Labute approximate surface area is 483 Å². The van der Waals surface area contributed by atoms with Crippen LogP contribution in [-0.2, 0) is 6.18 Å². The van der Waals surface area contributed by atoms with Gasteiger partial charge in [0.2, 0.25) is 0 Å². The van der Waals surface area contributed by atoms with Crippen molar-refractivity contribution in [1.82, 2.24) is 9.13 Å². The van der Waals surface area contributed by atoms with Crippen LogP contribution in [0.25, 0.3) is 135 Å². The van der Waals surface area contributed by atoms with Crippen molar-refractivity contribution in [3.8, 4) is 91.3 Å². The van der Waals surface area contributed by atoms with Crippen molar-refractivity contribution in [1.29, 1.82) is 21.0 Å². The van der Waals surface area contributed by atoms with Crippen LogP contribution in [0.15, 0.2) is 176 Å². The van der Waals surface area contributed by atoms with Gasteiger partial charge in [-0.2, -0.15) is 34.2 Å². The summed E-state index contributed by atoms with van der Waals surface area (Å²) in [5, 5.41) is 42.8. The fraction of sp³-hybridized carbons (Fsp3) is 0.0282. The zero-order chi connectivity index (χ0) is 59.4. The fourth-order valence-electron chi connectivity index (χ4n) is 11.3. The fourth-order valence-corrected chi connectivity index (χ4v) is 11.3. The second-order valence-electron chi connectivity index (χ2n) is 20.1. The molecule has 0 N–H and O–H groups in total. The van der Waals surface area contributed by atoms with Gasteiger partial charge in [-0.15, -0.1) is 0 Å². The van der Waals surface area contributed by atoms with E-state index in [0.717, 1.165) is 12.1 Å². The lowest BCUT2D eigenvalue weighted by atomic mass is 9.97. The average molecular weight is 1100 g/mol. The molecular weight excluding hydrogens is 1060 g/mol. The molecule has 2 aromatic heterocycles. The maximum atomic E-state index is 14.8. The average Bonchev–Trinajstić information content (AvgIpc) is 1.83. The molecule has 392 valence electrons. The monoisotopic (exact) mass is 1100 g/mol. The molecule has 10 aromatic carbocycles. The molecule has 0 aliphatic rings. The van der Waals surface area contributed by atoms with E-state index < -0.39 is 11.7 Å². The summed E-state index contributed by atoms with van der Waals surface area (Å²) in [6, 6.07) is 58.0. The third-order valence-corrected chi connectivity index (χ3v) is 15.0. The summed E-state index contributed by atoms with van der Waals surface area (Å²) in [6.07, 6.45) is -4.73. The van der Waals surface area contributed by atoms with Crippen molar-refractivity contribution < 1.29 is 13.2 Å². The highest BCUT2D eigenvalue weighted by Gasteiger charge is 2.32. The molecule has 0 bridgehead atoms. The molecule has 0 saturated heterocycles. The number of alkyl halides is 3. The molecule has 0 fully saturated rings. The number of aryl methyl sites for hydroxylation is 1. The minimum Gasteiger partial charge on any atom is -0.308 e. The summed E-state index contributed by atoms with van der Waals surface area (Å²) in [7, 11) is 0. The molecule has 12 aromatic rings. The maximum absolute atomic E-state index is 14.8. The lowest BCUT2D eigenvalue weighted by Crippen LogP contribution is -2.06. The summed E-state index contributed by atoms with van der Waals surface area (Å²) >= 11 is 0. The lowest BCUT2D eigenvalue weighted by Gasteiger charge is -2.20. The number of aromatic nitrogens is 2. The van der Waals surface area contributed by atoms with Gasteiger partial charge in [0.05, 0.1) is 107 Å². The number of rotatable bonds is 7. The van der Waals surface area contributed by atoms with E-state index in [0.29, 0.717) is 105 Å². The van der Waals surface area contributed by atoms with Gasteiger partial charge in [0, 0.05) is 32.7 Å². The zero-order valence-corrected chi connectivity index (χ0v) is 44.3. The first kappa shape index (κ1) is 52.7. The first-order valence-corrected chi connectivity index (χ1v) is 25.8. The van der Waals surface area contributed by atoms with E-state index in [1.165, 1.54) is 24.3 Å². The molecule has 12 rings (SSSR count). The summed E-state index contributed by atoms with van der Waals surface area (Å²) in [5.41, 5.74) is 10.3. The van der Waals surface area contributed by atoms with Crippen molar-refractivity contribution in [2.24, 2.45) is 0 Å². The van der Waals surface area contributed by atoms with Gasteiger partial charge in [-0.3, -0.25) is 0 Å². The Hall–Kier alpha value is -13.0. The minimum absolute atomic E-state index is 0.0346. The Balaban J connectivity index is 1.23. The Morgan fingerprint density at radius 3 is 1.07 bits per heavy atom. The topological polar surface area (TPSA) is 127 Å². The molecule has 14 heteroatoms. The van der Waals surface area contributed by atoms with Gasteiger partial charge in [0.15, 0.2) is 28.4 Å². The third kappa shape index (κ3) is 9.27. The summed E-state index contributed by atoms with van der Waals surface area (Å²) in [5.74, 6) is 0. The number of benzene rings is 10. The minimum atomic E-state index is -4.73. The quantitative estimate of drug-likeness (QED) is 0.147. The van der Waals surface area contributed by atoms with Crippen LogP contribution in [-0.4, -0.2) is 9.13 Å². The normalized spacial score (nSPS) is 11.0. The number of fused-ring (bicyclic) bond motifs is 6. The highest BCUT2D eigenvalue weighted by atomic mass is 19.4. The van der Waals surface area contributed by atoms with Crippen LogP contribution in [0.3, 0.4) is 0 Å². The summed E-state index contributed by atoms with van der Waals surface area (Å²) < 4.78 is 48.3. The van der Waals surface area contributed by atoms with E-state index in [-0.39, 0.29) is 61.8 Å². The van der Waals surface area contributed by atoms with Crippen molar-refractivity contribution in [3.05, 3.63) is 266 Å². The van der Waals surface area contributed by atoms with Gasteiger partial charge < -0.3 is 9.13 Å². The molecule has 85 heavy (non-hydrogen) atoms. The first-order chi connectivity index (χ1) is 41.1. The van der Waals surface area contributed by atoms with Gasteiger partial charge in [-0.25, -0.2) is 24.2 Å². The van der Waals surface area contributed by atoms with Gasteiger partial charge >= 0.3 is 6.18 Å². The molecule has 0 spiro atoms. The predicted octanol–water partition coefficient (Wildman–Crippen LogP) is 19.8. The van der Waals surface area contributed by atoms with Crippen LogP contribution in [0.5, 0.6) is 0 Å². The molecule has 0 atom stereocenters. The Bertz CT molecular complexity index is 4990. The standard InChI is InChI=1S/C71H32F3N11/c1-40-15-53(24-54(16-40)71(72,73)74)59-34-69(84-65-11-7-45(49-18-41(36-75)17-42(19-49)37-76)29-60(65)61-30-46(8-12-66(61)84)50-20-43(38-77)22-55(25-50)79-2)70(35-64(59)83-6)85-67-13-9-47(51-21-44(39-78)23-56(26-51)80-3)31-62(67)63-32-48(10-14-68(63)85)52-27-57(81-4)33-58(28-52)82-5/h7-35H,1H3. The highest BCUT2D eigenvalue weighted by Crippen LogP contribution is 2.47. The lowest BCUT2D eigenvalue weighted by molar-refractivity contribution is -0.137. The van der Waals surface area contributed by atoms with Crippen molar-refractivity contribution in [2.75, 3.05) is 0 Å². The largest absolute Gasteiger partial charge is 0.416 e. The molecule has 0 amide bonds. The Kier molecular flexibility index (Phi) is 12.8. The molecule has 0 unspecified atom stereocenters. The van der Waals surface area contributed by atoms with E-state index >= 15 is 0 Å². The molecule has 2 heterocycles. The Morgan fingerprint density at radius 2 is 0.706 bits per heavy atom. The molecule has 11 nitrogen and oxygen atoms in total. The predicted molar refractivity (Wildman–Crippen MR) is 322 cm³/mol. The van der Waals surface area contributed by atoms with Crippen LogP contribution < -0.4 is 0 Å². The van der Waals surface area contributed by atoms with E-state index in [1.807, 2.05) is 81.9 Å². The molecule has 0 aliphatic carbocycles. The first-order valence-electron chi connectivity index (χ1n) is 25.8. The Morgan fingerprint density at radius 1 is 0.353 bits per heavy atom. The van der Waals surface area contributed by atoms with Crippen LogP contribution in [0, 0.1) is 85.1 Å². The smallest absolute Gasteiger partial charge is 0.308 e. The number of hydrogen-bond donors (Lipinski definition) is 0. The number of nitriles is 4. The highest BCUT2D eigenvalue weighted by molar-refractivity contribution is 6.14. The van der Waals surface area contributed by atoms with Crippen molar-refractivity contribution >= 4 is 72.0 Å². The maximum Gasteiger partial charge on any atom is 0.416 e. The second-order valence-corrected chi connectivity index (χ2v) is 20.1. The van der Waals surface area contributed by atoms with E-state index in [4.69, 9.17) is 32.9 Å². The van der Waals surface area contributed by atoms with E-state index in [2.05, 4.69) is 48.5 Å². The molecule has 0 radical (unpaired) electrons. The van der Waals surface area contributed by atoms with Gasteiger partial charge in [-0.05, 0) is 196 Å². The number of hydrogen-bond acceptors (Lipinski definition) is 4. The van der Waals surface area contributed by atoms with Gasteiger partial charge in [0.25, 0.3) is 0 Å². The summed E-state index contributed by atoms with van der Waals surface area (Å²) in [6.45, 7) is 41.6. The van der Waals surface area contributed by atoms with Crippen LogP contribution in [0.2, 0.25) is 0 Å². The number of halogens is 3. The van der Waals surface area contributed by atoms with Gasteiger partial charge in [0.1, 0.15) is 0 Å². The van der Waals surface area contributed by atoms with Crippen LogP contribution >= 0.6 is 0 Å². The van der Waals surface area contributed by atoms with Crippen molar-refractivity contribution in [3.63, 3.8) is 0 Å². The zero-order valence-electron chi connectivity index (χ0n) is 44.3. The second kappa shape index (κ2) is 20.6. The summed E-state index contributed by atoms with van der Waals surface area (Å²) in [4.78, 5) is 18.6. The van der Waals surface area contributed by atoms with Crippen molar-refractivity contribution in [2.45, 2.75) is 13.1 Å². The van der Waals surface area contributed by atoms with Crippen LogP contribution in [0.1, 0.15) is 33.4 Å². The van der Waals surface area contributed by atoms with Crippen LogP contribution in [0.4, 0.5) is 41.6 Å². The third-order valence-electron chi connectivity index (χ3n) is 15.0. The van der Waals surface area contributed by atoms with Gasteiger partial charge in [-0.1, -0.05) is 48.5 Å². The number of nitrogens with zero attached hydrogens (tertiary/aromatic N) is 11. The molecule has 0 aliphatic heterocycles. The van der Waals surface area contributed by atoms with E-state index in [9.17, 15) is 34.2 Å². The molecule has 0 saturated carbocycles. The SMILES string of the molecule is [C-]#[N+]c1cc(C#N)cc(-c2ccc3c(c2)c2cc(-c4cc([N+]#[C-])cc([N+]#[C-])c4)ccc2n3-c2cc([N+]#[C-])c(-c3cc(C)cc(C(F)(F)F)c3)cc2-n2c3ccc(-c4cc(C#N)cc(C#N)c4)cc3c3cc(-c4cc(C#N)cc([N+]#[C-])c4)ccc32)c1. The molecular formula is C71H32F3N11.